The standard InChI is InChI=1S/C15H24FNO3S/c1-3-21(18,19)11-8-13(12-17-9-10-20-2)14-6-4-5-7-15(14)16/h4-7,13,17H,3,8-12H2,1-2H3. The van der Waals surface area contributed by atoms with Crippen LogP contribution in [0.25, 0.3) is 0 Å². The van der Waals surface area contributed by atoms with E-state index < -0.39 is 9.84 Å². The molecule has 0 amide bonds. The molecule has 1 N–H and O–H groups in total. The quantitative estimate of drug-likeness (QED) is 0.670. The molecule has 0 bridgehead atoms. The van der Waals surface area contributed by atoms with Crippen LogP contribution in [-0.4, -0.2) is 46.7 Å². The summed E-state index contributed by atoms with van der Waals surface area (Å²) >= 11 is 0. The van der Waals surface area contributed by atoms with Gasteiger partial charge in [-0.05, 0) is 18.1 Å². The minimum absolute atomic E-state index is 0.0778. The molecule has 120 valence electrons. The Bertz CT molecular complexity index is 519. The fourth-order valence-electron chi connectivity index (χ4n) is 2.09. The highest BCUT2D eigenvalue weighted by Gasteiger charge is 2.18. The number of rotatable bonds is 10. The summed E-state index contributed by atoms with van der Waals surface area (Å²) in [7, 11) is -1.43. The number of ether oxygens (including phenoxy) is 1. The van der Waals surface area contributed by atoms with Crippen LogP contribution in [0.15, 0.2) is 24.3 Å². The van der Waals surface area contributed by atoms with E-state index >= 15 is 0 Å². The summed E-state index contributed by atoms with van der Waals surface area (Å²) in [6.45, 7) is 3.38. The van der Waals surface area contributed by atoms with Gasteiger partial charge in [-0.15, -0.1) is 0 Å². The molecule has 0 heterocycles. The molecule has 0 fully saturated rings. The van der Waals surface area contributed by atoms with E-state index in [-0.39, 0.29) is 23.2 Å². The van der Waals surface area contributed by atoms with Crippen molar-refractivity contribution in [2.24, 2.45) is 0 Å². The molecule has 4 nitrogen and oxygen atoms in total. The Balaban J connectivity index is 2.73. The molecule has 1 unspecified atom stereocenters. The molecule has 6 heteroatoms. The monoisotopic (exact) mass is 317 g/mol. The van der Waals surface area contributed by atoms with Crippen molar-refractivity contribution in [2.75, 3.05) is 38.3 Å². The molecule has 0 saturated carbocycles. The maximum Gasteiger partial charge on any atom is 0.150 e. The van der Waals surface area contributed by atoms with Crippen molar-refractivity contribution in [3.05, 3.63) is 35.6 Å². The second kappa shape index (κ2) is 9.12. The Morgan fingerprint density at radius 3 is 2.67 bits per heavy atom. The molecular weight excluding hydrogens is 293 g/mol. The third-order valence-electron chi connectivity index (χ3n) is 3.44. The van der Waals surface area contributed by atoms with Gasteiger partial charge in [0.15, 0.2) is 0 Å². The summed E-state index contributed by atoms with van der Waals surface area (Å²) in [4.78, 5) is 0. The first-order valence-electron chi connectivity index (χ1n) is 7.14. The Labute approximate surface area is 126 Å². The third-order valence-corrected chi connectivity index (χ3v) is 5.17. The van der Waals surface area contributed by atoms with Crippen LogP contribution in [0.5, 0.6) is 0 Å². The van der Waals surface area contributed by atoms with E-state index in [1.807, 2.05) is 0 Å². The zero-order valence-electron chi connectivity index (χ0n) is 12.6. The van der Waals surface area contributed by atoms with Crippen molar-refractivity contribution in [1.29, 1.82) is 0 Å². The van der Waals surface area contributed by atoms with Gasteiger partial charge in [0, 0.05) is 31.9 Å². The SMILES string of the molecule is CCS(=O)(=O)CCC(CNCCOC)c1ccccc1F. The zero-order chi connectivity index (χ0) is 15.7. The van der Waals surface area contributed by atoms with Gasteiger partial charge in [-0.25, -0.2) is 12.8 Å². The van der Waals surface area contributed by atoms with Crippen molar-refractivity contribution >= 4 is 9.84 Å². The van der Waals surface area contributed by atoms with Crippen molar-refractivity contribution in [1.82, 2.24) is 5.32 Å². The number of hydrogen-bond acceptors (Lipinski definition) is 4. The van der Waals surface area contributed by atoms with Gasteiger partial charge in [-0.3, -0.25) is 0 Å². The van der Waals surface area contributed by atoms with Gasteiger partial charge >= 0.3 is 0 Å². The van der Waals surface area contributed by atoms with Crippen LogP contribution in [0.3, 0.4) is 0 Å². The summed E-state index contributed by atoms with van der Waals surface area (Å²) in [6.07, 6.45) is 0.414. The maximum atomic E-state index is 13.9. The van der Waals surface area contributed by atoms with Gasteiger partial charge in [0.05, 0.1) is 12.4 Å². The predicted octanol–water partition coefficient (Wildman–Crippen LogP) is 1.97. The van der Waals surface area contributed by atoms with Gasteiger partial charge in [-0.2, -0.15) is 0 Å². The lowest BCUT2D eigenvalue weighted by molar-refractivity contribution is 0.199. The summed E-state index contributed by atoms with van der Waals surface area (Å²) in [6, 6.07) is 6.54. The second-order valence-electron chi connectivity index (χ2n) is 4.94. The van der Waals surface area contributed by atoms with Crippen LogP contribution in [0.1, 0.15) is 24.8 Å². The van der Waals surface area contributed by atoms with Crippen molar-refractivity contribution < 1.29 is 17.5 Å². The van der Waals surface area contributed by atoms with Crippen LogP contribution in [0.4, 0.5) is 4.39 Å². The number of methoxy groups -OCH3 is 1. The Hall–Kier alpha value is -0.980. The van der Waals surface area contributed by atoms with E-state index in [9.17, 15) is 12.8 Å². The summed E-state index contributed by atoms with van der Waals surface area (Å²) in [5, 5.41) is 3.18. The topological polar surface area (TPSA) is 55.4 Å². The van der Waals surface area contributed by atoms with Crippen LogP contribution in [0.2, 0.25) is 0 Å². The van der Waals surface area contributed by atoms with Gasteiger partial charge in [-0.1, -0.05) is 25.1 Å². The lowest BCUT2D eigenvalue weighted by Crippen LogP contribution is -2.27. The third kappa shape index (κ3) is 6.54. The first-order chi connectivity index (χ1) is 10.00. The normalized spacial score (nSPS) is 13.3. The fourth-order valence-corrected chi connectivity index (χ4v) is 3.02. The first kappa shape index (κ1) is 18.1. The molecule has 0 saturated heterocycles. The summed E-state index contributed by atoms with van der Waals surface area (Å²) < 4.78 is 42.2. The number of nitrogens with one attached hydrogen (secondary N) is 1. The lowest BCUT2D eigenvalue weighted by atomic mass is 9.96. The smallest absolute Gasteiger partial charge is 0.150 e. The Morgan fingerprint density at radius 1 is 1.33 bits per heavy atom. The molecule has 0 aliphatic rings. The van der Waals surface area contributed by atoms with Gasteiger partial charge in [0.2, 0.25) is 0 Å². The van der Waals surface area contributed by atoms with E-state index in [1.54, 1.807) is 32.2 Å². The molecule has 1 aromatic carbocycles. The van der Waals surface area contributed by atoms with Crippen molar-refractivity contribution in [3.8, 4) is 0 Å². The largest absolute Gasteiger partial charge is 0.383 e. The predicted molar refractivity (Wildman–Crippen MR) is 82.8 cm³/mol. The highest BCUT2D eigenvalue weighted by Crippen LogP contribution is 2.22. The number of halogens is 1. The molecule has 1 aromatic rings. The molecule has 0 spiro atoms. The molecule has 21 heavy (non-hydrogen) atoms. The maximum absolute atomic E-state index is 13.9. The average Bonchev–Trinajstić information content (AvgIpc) is 2.47. The summed E-state index contributed by atoms with van der Waals surface area (Å²) in [5.74, 6) is -0.253. The fraction of sp³-hybridized carbons (Fsp3) is 0.600. The van der Waals surface area contributed by atoms with Gasteiger partial charge < -0.3 is 10.1 Å². The molecule has 0 aliphatic carbocycles. The number of benzene rings is 1. The van der Waals surface area contributed by atoms with E-state index in [0.29, 0.717) is 31.7 Å². The highest BCUT2D eigenvalue weighted by molar-refractivity contribution is 7.91. The van der Waals surface area contributed by atoms with E-state index in [2.05, 4.69) is 5.32 Å². The minimum Gasteiger partial charge on any atom is -0.383 e. The summed E-state index contributed by atoms with van der Waals surface area (Å²) in [5.41, 5.74) is 0.564. The van der Waals surface area contributed by atoms with Crippen LogP contribution >= 0.6 is 0 Å². The minimum atomic E-state index is -3.05. The molecule has 0 aromatic heterocycles. The zero-order valence-corrected chi connectivity index (χ0v) is 13.5. The molecular formula is C15H24FNO3S. The van der Waals surface area contributed by atoms with E-state index in [1.165, 1.54) is 6.07 Å². The molecule has 0 radical (unpaired) electrons. The molecule has 1 atom stereocenters. The average molecular weight is 317 g/mol. The number of sulfone groups is 1. The second-order valence-corrected chi connectivity index (χ2v) is 7.41. The lowest BCUT2D eigenvalue weighted by Gasteiger charge is -2.18. The van der Waals surface area contributed by atoms with Gasteiger partial charge in [0.25, 0.3) is 0 Å². The van der Waals surface area contributed by atoms with Crippen LogP contribution in [-0.2, 0) is 14.6 Å². The van der Waals surface area contributed by atoms with Crippen LogP contribution in [0, 0.1) is 5.82 Å². The number of hydrogen-bond donors (Lipinski definition) is 1. The molecule has 1 rings (SSSR count). The highest BCUT2D eigenvalue weighted by atomic mass is 32.2. The van der Waals surface area contributed by atoms with Crippen LogP contribution < -0.4 is 5.32 Å². The first-order valence-corrected chi connectivity index (χ1v) is 8.96. The molecule has 0 aliphatic heterocycles. The van der Waals surface area contributed by atoms with Gasteiger partial charge in [0.1, 0.15) is 15.7 Å². The van der Waals surface area contributed by atoms with E-state index in [4.69, 9.17) is 4.74 Å². The van der Waals surface area contributed by atoms with E-state index in [0.717, 1.165) is 0 Å². The Morgan fingerprint density at radius 2 is 2.05 bits per heavy atom. The Kier molecular flexibility index (Phi) is 7.85. The van der Waals surface area contributed by atoms with Crippen molar-refractivity contribution in [3.63, 3.8) is 0 Å². The van der Waals surface area contributed by atoms with Crippen molar-refractivity contribution in [2.45, 2.75) is 19.3 Å².